The molecular weight excluding hydrogens is 372 g/mol. The molecule has 0 saturated carbocycles. The van der Waals surface area contributed by atoms with E-state index < -0.39 is 0 Å². The highest BCUT2D eigenvalue weighted by Gasteiger charge is 2.29. The quantitative estimate of drug-likeness (QED) is 0.464. The van der Waals surface area contributed by atoms with Crippen molar-refractivity contribution in [1.29, 1.82) is 0 Å². The zero-order valence-electron chi connectivity index (χ0n) is 22.7. The van der Waals surface area contributed by atoms with Crippen molar-refractivity contribution in [2.45, 2.75) is 124 Å². The van der Waals surface area contributed by atoms with Gasteiger partial charge in [0.15, 0.2) is 0 Å². The summed E-state index contributed by atoms with van der Waals surface area (Å²) in [6, 6.07) is 14.6. The molecule has 0 atom stereocenters. The van der Waals surface area contributed by atoms with Crippen LogP contribution in [0.5, 0.6) is 0 Å². The van der Waals surface area contributed by atoms with Crippen molar-refractivity contribution in [3.8, 4) is 0 Å². The molecule has 0 aliphatic heterocycles. The smallest absolute Gasteiger partial charge is 0.00869 e. The minimum Gasteiger partial charge on any atom is -0.0645 e. The van der Waals surface area contributed by atoms with Crippen LogP contribution >= 0.6 is 0 Å². The monoisotopic (exact) mass is 420 g/mol. The molecule has 0 nitrogen and oxygen atoms in total. The second-order valence-electron chi connectivity index (χ2n) is 13.6. The second kappa shape index (κ2) is 8.42. The fraction of sp³-hybridized carbons (Fsp3) is 0.613. The van der Waals surface area contributed by atoms with Crippen molar-refractivity contribution in [1.82, 2.24) is 0 Å². The van der Waals surface area contributed by atoms with Crippen LogP contribution in [0.3, 0.4) is 0 Å². The maximum Gasteiger partial charge on any atom is 0.00869 e. The third kappa shape index (κ3) is 5.82. The van der Waals surface area contributed by atoms with E-state index in [1.165, 1.54) is 33.4 Å². The molecule has 0 bridgehead atoms. The minimum atomic E-state index is 0.129. The third-order valence-electron chi connectivity index (χ3n) is 6.53. The summed E-state index contributed by atoms with van der Waals surface area (Å²) < 4.78 is 0. The van der Waals surface area contributed by atoms with Crippen LogP contribution in [0.4, 0.5) is 0 Å². The second-order valence-corrected chi connectivity index (χ2v) is 13.6. The Balaban J connectivity index is 2.69. The first-order valence-corrected chi connectivity index (χ1v) is 12.2. The van der Waals surface area contributed by atoms with Crippen LogP contribution in [0.25, 0.3) is 0 Å². The third-order valence-corrected chi connectivity index (χ3v) is 6.53. The van der Waals surface area contributed by atoms with Gasteiger partial charge in [0.25, 0.3) is 0 Å². The lowest BCUT2D eigenvalue weighted by Gasteiger charge is -2.33. The Morgan fingerprint density at radius 2 is 0.774 bits per heavy atom. The average Bonchev–Trinajstić information content (AvgIpc) is 2.59. The minimum absolute atomic E-state index is 0.129. The highest BCUT2D eigenvalue weighted by molar-refractivity contribution is 5.47. The standard InChI is InChI=1S/C31H48/c1-14-23(21-15-17-24(28(2,3)4)26(19-21)30(8,9)10)22-16-18-25(29(5,6)7)27(20-22)31(11,12)13/h15-20,23H,14H2,1-13H3. The molecule has 0 radical (unpaired) electrons. The Morgan fingerprint density at radius 3 is 1.00 bits per heavy atom. The van der Waals surface area contributed by atoms with Gasteiger partial charge in [-0.1, -0.05) is 126 Å². The summed E-state index contributed by atoms with van der Waals surface area (Å²) in [4.78, 5) is 0. The van der Waals surface area contributed by atoms with Gasteiger partial charge in [0, 0.05) is 5.92 Å². The Bertz CT molecular complexity index is 824. The summed E-state index contributed by atoms with van der Waals surface area (Å²) in [7, 11) is 0. The zero-order chi connectivity index (χ0) is 24.0. The molecule has 2 aromatic rings. The molecule has 2 rings (SSSR count). The number of rotatable bonds is 3. The van der Waals surface area contributed by atoms with Crippen LogP contribution < -0.4 is 0 Å². The molecule has 31 heavy (non-hydrogen) atoms. The molecule has 0 aromatic heterocycles. The van der Waals surface area contributed by atoms with E-state index in [1.54, 1.807) is 0 Å². The van der Waals surface area contributed by atoms with Crippen molar-refractivity contribution < 1.29 is 0 Å². The van der Waals surface area contributed by atoms with E-state index in [0.717, 1.165) is 6.42 Å². The molecular formula is C31H48. The Labute approximate surface area is 193 Å². The van der Waals surface area contributed by atoms with Gasteiger partial charge in [-0.15, -0.1) is 0 Å². The van der Waals surface area contributed by atoms with Crippen molar-refractivity contribution in [2.75, 3.05) is 0 Å². The van der Waals surface area contributed by atoms with Gasteiger partial charge in [-0.3, -0.25) is 0 Å². The van der Waals surface area contributed by atoms with Gasteiger partial charge in [0.05, 0.1) is 0 Å². The molecule has 0 aliphatic rings. The first-order chi connectivity index (χ1) is 13.9. The summed E-state index contributed by atoms with van der Waals surface area (Å²) in [5.74, 6) is 0.422. The van der Waals surface area contributed by atoms with Crippen molar-refractivity contribution in [3.63, 3.8) is 0 Å². The largest absolute Gasteiger partial charge is 0.0645 e. The van der Waals surface area contributed by atoms with Gasteiger partial charge in [-0.25, -0.2) is 0 Å². The molecule has 0 N–H and O–H groups in total. The van der Waals surface area contributed by atoms with Gasteiger partial charge in [0.1, 0.15) is 0 Å². The predicted molar refractivity (Wildman–Crippen MR) is 140 cm³/mol. The molecule has 0 saturated heterocycles. The number of benzene rings is 2. The fourth-order valence-corrected chi connectivity index (χ4v) is 4.77. The fourth-order valence-electron chi connectivity index (χ4n) is 4.77. The summed E-state index contributed by atoms with van der Waals surface area (Å²) in [5, 5.41) is 0. The molecule has 0 heterocycles. The lowest BCUT2D eigenvalue weighted by atomic mass is 9.72. The topological polar surface area (TPSA) is 0 Å². The van der Waals surface area contributed by atoms with Crippen LogP contribution in [0.1, 0.15) is 136 Å². The van der Waals surface area contributed by atoms with Crippen LogP contribution in [-0.4, -0.2) is 0 Å². The van der Waals surface area contributed by atoms with Gasteiger partial charge in [-0.05, 0) is 61.5 Å². The summed E-state index contributed by atoms with van der Waals surface area (Å²) in [6.45, 7) is 30.4. The van der Waals surface area contributed by atoms with E-state index in [2.05, 4.69) is 126 Å². The lowest BCUT2D eigenvalue weighted by Crippen LogP contribution is -2.23. The Hall–Kier alpha value is -1.56. The Kier molecular flexibility index (Phi) is 6.98. The van der Waals surface area contributed by atoms with Gasteiger partial charge < -0.3 is 0 Å². The number of hydrogen-bond donors (Lipinski definition) is 0. The Morgan fingerprint density at radius 1 is 0.484 bits per heavy atom. The maximum atomic E-state index is 2.50. The van der Waals surface area contributed by atoms with Crippen LogP contribution in [0.15, 0.2) is 36.4 Å². The van der Waals surface area contributed by atoms with Gasteiger partial charge in [0.2, 0.25) is 0 Å². The first kappa shape index (κ1) is 25.7. The molecule has 2 aromatic carbocycles. The van der Waals surface area contributed by atoms with E-state index >= 15 is 0 Å². The molecule has 0 spiro atoms. The molecule has 0 heteroatoms. The van der Waals surface area contributed by atoms with Gasteiger partial charge >= 0.3 is 0 Å². The summed E-state index contributed by atoms with van der Waals surface area (Å²) >= 11 is 0. The highest BCUT2D eigenvalue weighted by Crippen LogP contribution is 2.40. The van der Waals surface area contributed by atoms with Crippen molar-refractivity contribution >= 4 is 0 Å². The highest BCUT2D eigenvalue weighted by atomic mass is 14.3. The SMILES string of the molecule is CCC(c1ccc(C(C)(C)C)c(C(C)(C)C)c1)c1ccc(C(C)(C)C)c(C(C)(C)C)c1. The summed E-state index contributed by atoms with van der Waals surface area (Å²) in [5.41, 5.74) is 9.36. The van der Waals surface area contributed by atoms with Gasteiger partial charge in [-0.2, -0.15) is 0 Å². The van der Waals surface area contributed by atoms with E-state index in [0.29, 0.717) is 5.92 Å². The molecule has 0 amide bonds. The summed E-state index contributed by atoms with van der Waals surface area (Å²) in [6.07, 6.45) is 1.11. The first-order valence-electron chi connectivity index (χ1n) is 12.2. The van der Waals surface area contributed by atoms with Crippen LogP contribution in [-0.2, 0) is 21.7 Å². The van der Waals surface area contributed by atoms with E-state index in [1.807, 2.05) is 0 Å². The number of hydrogen-bond acceptors (Lipinski definition) is 0. The predicted octanol–water partition coefficient (Wildman–Crippen LogP) is 9.42. The maximum absolute atomic E-state index is 2.50. The molecule has 172 valence electrons. The molecule has 0 fully saturated rings. The van der Waals surface area contributed by atoms with Crippen LogP contribution in [0, 0.1) is 0 Å². The van der Waals surface area contributed by atoms with E-state index in [9.17, 15) is 0 Å². The zero-order valence-corrected chi connectivity index (χ0v) is 22.7. The normalized spacial score (nSPS) is 13.7. The van der Waals surface area contributed by atoms with E-state index in [-0.39, 0.29) is 21.7 Å². The molecule has 0 unspecified atom stereocenters. The van der Waals surface area contributed by atoms with E-state index in [4.69, 9.17) is 0 Å². The van der Waals surface area contributed by atoms with Crippen molar-refractivity contribution in [2.24, 2.45) is 0 Å². The van der Waals surface area contributed by atoms with Crippen molar-refractivity contribution in [3.05, 3.63) is 69.8 Å². The lowest BCUT2D eigenvalue weighted by molar-refractivity contribution is 0.527. The average molecular weight is 421 g/mol. The van der Waals surface area contributed by atoms with Crippen LogP contribution in [0.2, 0.25) is 0 Å². The molecule has 0 aliphatic carbocycles.